The average molecular weight is 417 g/mol. The molecule has 1 aromatic carbocycles. The lowest BCUT2D eigenvalue weighted by Gasteiger charge is -2.29. The number of nitrogens with zero attached hydrogens (tertiary/aromatic N) is 2. The number of nitrogens with one attached hydrogen (secondary N) is 2. The molecule has 2 N–H and O–H groups in total. The van der Waals surface area contributed by atoms with Crippen molar-refractivity contribution in [3.8, 4) is 0 Å². The van der Waals surface area contributed by atoms with E-state index in [1.54, 1.807) is 12.4 Å². The Kier molecular flexibility index (Phi) is 5.69. The number of carbonyl (C=O) groups is 1. The third-order valence-electron chi connectivity index (χ3n) is 6.37. The number of fused-ring (bicyclic) bond motifs is 1. The van der Waals surface area contributed by atoms with Crippen molar-refractivity contribution in [2.45, 2.75) is 44.6 Å². The predicted octanol–water partition coefficient (Wildman–Crippen LogP) is 4.68. The van der Waals surface area contributed by atoms with E-state index in [-0.39, 0.29) is 11.9 Å². The number of carbonyl (C=O) groups excluding carboxylic acids is 1. The van der Waals surface area contributed by atoms with Gasteiger partial charge in [-0.25, -0.2) is 0 Å². The molecular formula is C25H28N4O2. The van der Waals surface area contributed by atoms with Gasteiger partial charge in [-0.2, -0.15) is 0 Å². The van der Waals surface area contributed by atoms with Crippen LogP contribution in [0, 0.1) is 11.8 Å². The number of pyridine rings is 1. The summed E-state index contributed by atoms with van der Waals surface area (Å²) < 4.78 is 0. The summed E-state index contributed by atoms with van der Waals surface area (Å²) in [7, 11) is 0. The van der Waals surface area contributed by atoms with E-state index in [1.807, 2.05) is 30.3 Å². The third-order valence-corrected chi connectivity index (χ3v) is 6.37. The van der Waals surface area contributed by atoms with Crippen molar-refractivity contribution in [2.24, 2.45) is 17.0 Å². The summed E-state index contributed by atoms with van der Waals surface area (Å²) in [6.07, 6.45) is 9.81. The summed E-state index contributed by atoms with van der Waals surface area (Å²) in [4.78, 5) is 26.0. The van der Waals surface area contributed by atoms with Crippen LogP contribution in [0.4, 0.5) is 0 Å². The Morgan fingerprint density at radius 2 is 1.87 bits per heavy atom. The minimum Gasteiger partial charge on any atom is -0.395 e. The molecule has 0 saturated heterocycles. The van der Waals surface area contributed by atoms with Crippen LogP contribution in [0.15, 0.2) is 60.0 Å². The predicted molar refractivity (Wildman–Crippen MR) is 121 cm³/mol. The Bertz CT molecular complexity index is 1060. The van der Waals surface area contributed by atoms with E-state index in [2.05, 4.69) is 32.6 Å². The zero-order valence-corrected chi connectivity index (χ0v) is 17.6. The normalized spacial score (nSPS) is 21.7. The summed E-state index contributed by atoms with van der Waals surface area (Å²) in [6.45, 7) is 0.723. The Labute approximate surface area is 182 Å². The number of oxime groups is 1. The molecule has 1 amide bonds. The molecule has 2 heterocycles. The van der Waals surface area contributed by atoms with Crippen LogP contribution in [0.5, 0.6) is 0 Å². The Balaban J connectivity index is 1.22. The van der Waals surface area contributed by atoms with Crippen molar-refractivity contribution in [3.05, 3.63) is 66.0 Å². The summed E-state index contributed by atoms with van der Waals surface area (Å²) in [5, 5.41) is 7.78. The number of aromatic amines is 1. The van der Waals surface area contributed by atoms with Gasteiger partial charge in [0.2, 0.25) is 0 Å². The number of rotatable bonds is 7. The van der Waals surface area contributed by atoms with E-state index in [4.69, 9.17) is 4.84 Å². The fourth-order valence-electron chi connectivity index (χ4n) is 4.37. The molecule has 2 fully saturated rings. The molecule has 0 spiro atoms. The first-order valence-electron chi connectivity index (χ1n) is 11.3. The number of amides is 1. The highest BCUT2D eigenvalue weighted by Crippen LogP contribution is 2.31. The van der Waals surface area contributed by atoms with Crippen molar-refractivity contribution in [3.63, 3.8) is 0 Å². The highest BCUT2D eigenvalue weighted by atomic mass is 16.6. The quantitative estimate of drug-likeness (QED) is 0.433. The van der Waals surface area contributed by atoms with Crippen LogP contribution in [0.25, 0.3) is 11.0 Å². The highest BCUT2D eigenvalue weighted by Gasteiger charge is 2.28. The molecule has 160 valence electrons. The van der Waals surface area contributed by atoms with Crippen molar-refractivity contribution < 1.29 is 9.63 Å². The first-order valence-corrected chi connectivity index (χ1v) is 11.3. The monoisotopic (exact) mass is 416 g/mol. The van der Waals surface area contributed by atoms with Gasteiger partial charge in [-0.15, -0.1) is 0 Å². The number of aromatic nitrogens is 2. The standard InChI is InChI=1S/C25H28N4O2/c30-25(21-15-27-22-7-4-14-26-24(21)22)28-20-12-10-19(11-13-20)23(18-5-2-1-3-6-18)29-31-16-17-8-9-17/h1-7,14-15,17,19-20,27H,8-13,16H2,(H,28,30)/b29-23-/t19-,20-. The molecule has 0 aliphatic heterocycles. The van der Waals surface area contributed by atoms with E-state index in [0.29, 0.717) is 17.4 Å². The summed E-state index contributed by atoms with van der Waals surface area (Å²) in [5.74, 6) is 0.980. The van der Waals surface area contributed by atoms with E-state index >= 15 is 0 Å². The second kappa shape index (κ2) is 8.92. The highest BCUT2D eigenvalue weighted by molar-refractivity contribution is 6.05. The topological polar surface area (TPSA) is 79.4 Å². The van der Waals surface area contributed by atoms with Gasteiger partial charge >= 0.3 is 0 Å². The maximum absolute atomic E-state index is 12.8. The van der Waals surface area contributed by atoms with Gasteiger partial charge in [-0.1, -0.05) is 35.5 Å². The molecule has 0 unspecified atom stereocenters. The first-order chi connectivity index (χ1) is 15.3. The Morgan fingerprint density at radius 1 is 1.06 bits per heavy atom. The number of H-pyrrole nitrogens is 1. The van der Waals surface area contributed by atoms with Gasteiger partial charge in [0, 0.05) is 24.4 Å². The lowest BCUT2D eigenvalue weighted by molar-refractivity contribution is 0.0926. The molecule has 2 saturated carbocycles. The zero-order chi connectivity index (χ0) is 21.0. The number of benzene rings is 1. The Morgan fingerprint density at radius 3 is 2.65 bits per heavy atom. The van der Waals surface area contributed by atoms with E-state index < -0.39 is 0 Å². The van der Waals surface area contributed by atoms with Crippen LogP contribution < -0.4 is 5.32 Å². The molecule has 0 bridgehead atoms. The molecule has 2 aromatic heterocycles. The number of hydrogen-bond acceptors (Lipinski definition) is 4. The molecule has 31 heavy (non-hydrogen) atoms. The van der Waals surface area contributed by atoms with Crippen LogP contribution in [0.1, 0.15) is 54.4 Å². The lowest BCUT2D eigenvalue weighted by atomic mass is 9.81. The smallest absolute Gasteiger partial charge is 0.255 e. The van der Waals surface area contributed by atoms with Crippen molar-refractivity contribution in [2.75, 3.05) is 6.61 Å². The molecule has 2 aliphatic carbocycles. The van der Waals surface area contributed by atoms with Gasteiger partial charge in [0.1, 0.15) is 12.1 Å². The maximum atomic E-state index is 12.8. The third kappa shape index (κ3) is 4.63. The van der Waals surface area contributed by atoms with E-state index in [1.165, 1.54) is 12.8 Å². The van der Waals surface area contributed by atoms with Crippen LogP contribution in [0.3, 0.4) is 0 Å². The fourth-order valence-corrected chi connectivity index (χ4v) is 4.37. The van der Waals surface area contributed by atoms with Gasteiger partial charge in [0.25, 0.3) is 5.91 Å². The van der Waals surface area contributed by atoms with Crippen molar-refractivity contribution in [1.82, 2.24) is 15.3 Å². The minimum absolute atomic E-state index is 0.0573. The average Bonchev–Trinajstić information content (AvgIpc) is 3.54. The fraction of sp³-hybridized carbons (Fsp3) is 0.400. The van der Waals surface area contributed by atoms with Crippen molar-refractivity contribution in [1.29, 1.82) is 0 Å². The molecule has 0 atom stereocenters. The van der Waals surface area contributed by atoms with Crippen LogP contribution in [0.2, 0.25) is 0 Å². The van der Waals surface area contributed by atoms with Crippen LogP contribution in [-0.4, -0.2) is 34.2 Å². The zero-order valence-electron chi connectivity index (χ0n) is 17.6. The van der Waals surface area contributed by atoms with Gasteiger partial charge in [-0.05, 0) is 62.1 Å². The SMILES string of the molecule is O=C(N[C@H]1CC[C@H](/C(=N\OCC2CC2)c2ccccc2)CC1)c1c[nH]c2cccnc12. The second-order valence-corrected chi connectivity index (χ2v) is 8.71. The Hall–Kier alpha value is -3.15. The second-order valence-electron chi connectivity index (χ2n) is 8.71. The van der Waals surface area contributed by atoms with Crippen LogP contribution >= 0.6 is 0 Å². The van der Waals surface area contributed by atoms with Crippen LogP contribution in [-0.2, 0) is 4.84 Å². The first kappa shape index (κ1) is 19.8. The number of hydrogen-bond donors (Lipinski definition) is 2. The molecule has 5 rings (SSSR count). The molecule has 3 aromatic rings. The largest absolute Gasteiger partial charge is 0.395 e. The molecule has 0 radical (unpaired) electrons. The summed E-state index contributed by atoms with van der Waals surface area (Å²) in [5.41, 5.74) is 4.39. The molecule has 6 heteroatoms. The summed E-state index contributed by atoms with van der Waals surface area (Å²) in [6, 6.07) is 14.3. The lowest BCUT2D eigenvalue weighted by Crippen LogP contribution is -2.38. The van der Waals surface area contributed by atoms with Gasteiger partial charge in [-0.3, -0.25) is 9.78 Å². The van der Waals surface area contributed by atoms with Crippen molar-refractivity contribution >= 4 is 22.7 Å². The van der Waals surface area contributed by atoms with Gasteiger partial charge in [0.05, 0.1) is 16.8 Å². The van der Waals surface area contributed by atoms with Gasteiger partial charge < -0.3 is 15.1 Å². The minimum atomic E-state index is -0.0573. The molecule has 6 nitrogen and oxygen atoms in total. The van der Waals surface area contributed by atoms with Gasteiger partial charge in [0.15, 0.2) is 0 Å². The molecule has 2 aliphatic rings. The van der Waals surface area contributed by atoms with E-state index in [9.17, 15) is 4.79 Å². The molecular weight excluding hydrogens is 388 g/mol. The summed E-state index contributed by atoms with van der Waals surface area (Å²) >= 11 is 0. The maximum Gasteiger partial charge on any atom is 0.255 e. The van der Waals surface area contributed by atoms with E-state index in [0.717, 1.165) is 54.6 Å².